The Morgan fingerprint density at radius 1 is 1.50 bits per heavy atom. The third kappa shape index (κ3) is 6.10. The third-order valence-corrected chi connectivity index (χ3v) is 3.44. The van der Waals surface area contributed by atoms with E-state index in [-0.39, 0.29) is 11.2 Å². The van der Waals surface area contributed by atoms with E-state index >= 15 is 0 Å². The Hall–Kier alpha value is -0.420. The summed E-state index contributed by atoms with van der Waals surface area (Å²) >= 11 is 0. The van der Waals surface area contributed by atoms with Crippen molar-refractivity contribution >= 4 is 16.7 Å². The normalized spacial score (nSPS) is 14.9. The Balaban J connectivity index is 3.47. The van der Waals surface area contributed by atoms with Gasteiger partial charge in [-0.15, -0.1) is 0 Å². The zero-order chi connectivity index (χ0) is 11.1. The molecule has 0 aromatic heterocycles. The van der Waals surface area contributed by atoms with Crippen LogP contribution in [0.4, 0.5) is 0 Å². The van der Waals surface area contributed by atoms with E-state index in [4.69, 9.17) is 0 Å². The molecule has 1 N–H and O–H groups in total. The molecule has 0 fully saturated rings. The van der Waals surface area contributed by atoms with E-state index in [1.165, 1.54) is 0 Å². The SMILES string of the molecule is CC(CCNCC(=O)N(C)C)S(C)=O. The van der Waals surface area contributed by atoms with Crippen LogP contribution in [0.1, 0.15) is 13.3 Å². The van der Waals surface area contributed by atoms with Gasteiger partial charge >= 0.3 is 0 Å². The third-order valence-electron chi connectivity index (χ3n) is 2.07. The zero-order valence-corrected chi connectivity index (χ0v) is 10.2. The summed E-state index contributed by atoms with van der Waals surface area (Å²) in [4.78, 5) is 12.7. The first kappa shape index (κ1) is 13.6. The Labute approximate surface area is 88.5 Å². The molecule has 2 atom stereocenters. The fourth-order valence-corrected chi connectivity index (χ4v) is 1.27. The second-order valence-corrected chi connectivity index (χ2v) is 5.36. The van der Waals surface area contributed by atoms with Crippen LogP contribution in [-0.4, -0.2) is 53.7 Å². The molecule has 0 aliphatic carbocycles. The molecule has 4 nitrogen and oxygen atoms in total. The van der Waals surface area contributed by atoms with Gasteiger partial charge in [-0.1, -0.05) is 6.92 Å². The minimum atomic E-state index is -0.769. The molecule has 0 aromatic rings. The smallest absolute Gasteiger partial charge is 0.236 e. The summed E-state index contributed by atoms with van der Waals surface area (Å²) < 4.78 is 11.0. The van der Waals surface area contributed by atoms with Gasteiger partial charge in [0, 0.05) is 36.4 Å². The lowest BCUT2D eigenvalue weighted by Crippen LogP contribution is -2.34. The second kappa shape index (κ2) is 6.95. The molecule has 0 saturated carbocycles. The first-order valence-corrected chi connectivity index (χ1v) is 6.30. The highest BCUT2D eigenvalue weighted by molar-refractivity contribution is 7.84. The molecule has 84 valence electrons. The molecule has 0 saturated heterocycles. The molecular formula is C9H20N2O2S. The van der Waals surface area contributed by atoms with Gasteiger partial charge in [0.15, 0.2) is 0 Å². The van der Waals surface area contributed by atoms with E-state index in [1.54, 1.807) is 25.3 Å². The van der Waals surface area contributed by atoms with Gasteiger partial charge in [0.2, 0.25) is 5.91 Å². The van der Waals surface area contributed by atoms with Gasteiger partial charge in [-0.3, -0.25) is 9.00 Å². The quantitative estimate of drug-likeness (QED) is 0.632. The average Bonchev–Trinajstić information content (AvgIpc) is 2.11. The molecule has 0 rings (SSSR count). The molecule has 0 radical (unpaired) electrons. The maximum atomic E-state index is 11.1. The van der Waals surface area contributed by atoms with Crippen molar-refractivity contribution in [2.24, 2.45) is 0 Å². The molecule has 0 spiro atoms. The molecule has 14 heavy (non-hydrogen) atoms. The van der Waals surface area contributed by atoms with Crippen LogP contribution in [0.5, 0.6) is 0 Å². The Bertz CT molecular complexity index is 207. The number of carbonyl (C=O) groups excluding carboxylic acids is 1. The fourth-order valence-electron chi connectivity index (χ4n) is 0.825. The van der Waals surface area contributed by atoms with Crippen molar-refractivity contribution in [2.75, 3.05) is 33.4 Å². The lowest BCUT2D eigenvalue weighted by atomic mass is 10.3. The summed E-state index contributed by atoms with van der Waals surface area (Å²) in [6, 6.07) is 0. The van der Waals surface area contributed by atoms with Crippen LogP contribution in [0.2, 0.25) is 0 Å². The van der Waals surface area contributed by atoms with E-state index in [1.807, 2.05) is 6.92 Å². The number of carbonyl (C=O) groups is 1. The molecule has 0 aliphatic rings. The maximum absolute atomic E-state index is 11.1. The van der Waals surface area contributed by atoms with Gasteiger partial charge in [-0.05, 0) is 13.0 Å². The highest BCUT2D eigenvalue weighted by Gasteiger charge is 2.06. The summed E-state index contributed by atoms with van der Waals surface area (Å²) in [6.07, 6.45) is 2.54. The molecule has 0 aliphatic heterocycles. The second-order valence-electron chi connectivity index (χ2n) is 3.56. The van der Waals surface area contributed by atoms with E-state index in [9.17, 15) is 9.00 Å². The highest BCUT2D eigenvalue weighted by Crippen LogP contribution is 1.96. The summed E-state index contributed by atoms with van der Waals surface area (Å²) in [5.41, 5.74) is 0. The van der Waals surface area contributed by atoms with Crippen LogP contribution in [0.25, 0.3) is 0 Å². The molecular weight excluding hydrogens is 200 g/mol. The van der Waals surface area contributed by atoms with Gasteiger partial charge < -0.3 is 10.2 Å². The number of hydrogen-bond donors (Lipinski definition) is 1. The predicted molar refractivity (Wildman–Crippen MR) is 59.7 cm³/mol. The monoisotopic (exact) mass is 220 g/mol. The van der Waals surface area contributed by atoms with Crippen molar-refractivity contribution in [3.8, 4) is 0 Å². The first-order chi connectivity index (χ1) is 6.45. The number of hydrogen-bond acceptors (Lipinski definition) is 3. The molecule has 2 unspecified atom stereocenters. The Kier molecular flexibility index (Phi) is 6.74. The number of nitrogens with one attached hydrogen (secondary N) is 1. The summed E-state index contributed by atoms with van der Waals surface area (Å²) in [7, 11) is 2.69. The van der Waals surface area contributed by atoms with Crippen LogP contribution in [0.15, 0.2) is 0 Å². The van der Waals surface area contributed by atoms with Crippen molar-refractivity contribution in [3.05, 3.63) is 0 Å². The predicted octanol–water partition coefficient (Wildman–Crippen LogP) is -0.179. The molecule has 1 amide bonds. The number of likely N-dealkylation sites (N-methyl/N-ethyl adjacent to an activating group) is 1. The van der Waals surface area contributed by atoms with Crippen molar-refractivity contribution in [1.82, 2.24) is 10.2 Å². The fraction of sp³-hybridized carbons (Fsp3) is 0.889. The minimum Gasteiger partial charge on any atom is -0.348 e. The van der Waals surface area contributed by atoms with Crippen LogP contribution in [0.3, 0.4) is 0 Å². The topological polar surface area (TPSA) is 49.4 Å². The van der Waals surface area contributed by atoms with Gasteiger partial charge in [0.25, 0.3) is 0 Å². The Morgan fingerprint density at radius 3 is 2.50 bits per heavy atom. The lowest BCUT2D eigenvalue weighted by Gasteiger charge is -2.12. The van der Waals surface area contributed by atoms with Crippen LogP contribution < -0.4 is 5.32 Å². The number of amides is 1. The van der Waals surface area contributed by atoms with Crippen molar-refractivity contribution in [2.45, 2.75) is 18.6 Å². The van der Waals surface area contributed by atoms with Gasteiger partial charge in [-0.2, -0.15) is 0 Å². The van der Waals surface area contributed by atoms with Crippen molar-refractivity contribution in [3.63, 3.8) is 0 Å². The molecule has 0 aromatic carbocycles. The molecule has 5 heteroatoms. The van der Waals surface area contributed by atoms with Crippen LogP contribution in [-0.2, 0) is 15.6 Å². The van der Waals surface area contributed by atoms with E-state index in [2.05, 4.69) is 5.32 Å². The van der Waals surface area contributed by atoms with Crippen molar-refractivity contribution in [1.29, 1.82) is 0 Å². The van der Waals surface area contributed by atoms with E-state index in [0.717, 1.165) is 13.0 Å². The van der Waals surface area contributed by atoms with Crippen LogP contribution in [0, 0.1) is 0 Å². The summed E-state index contributed by atoms with van der Waals surface area (Å²) in [5, 5.41) is 3.22. The van der Waals surface area contributed by atoms with Crippen LogP contribution >= 0.6 is 0 Å². The molecule has 0 bridgehead atoms. The number of nitrogens with zero attached hydrogens (tertiary/aromatic N) is 1. The van der Waals surface area contributed by atoms with E-state index < -0.39 is 10.8 Å². The lowest BCUT2D eigenvalue weighted by molar-refractivity contribution is -0.127. The van der Waals surface area contributed by atoms with Gasteiger partial charge in [0.1, 0.15) is 0 Å². The maximum Gasteiger partial charge on any atom is 0.236 e. The standard InChI is InChI=1S/C9H20N2O2S/c1-8(14(4)13)5-6-10-7-9(12)11(2)3/h8,10H,5-7H2,1-4H3. The largest absolute Gasteiger partial charge is 0.348 e. The van der Waals surface area contributed by atoms with E-state index in [0.29, 0.717) is 6.54 Å². The summed E-state index contributed by atoms with van der Waals surface area (Å²) in [5.74, 6) is 0.0651. The Morgan fingerprint density at radius 2 is 2.07 bits per heavy atom. The minimum absolute atomic E-state index is 0.0651. The first-order valence-electron chi connectivity index (χ1n) is 4.68. The summed E-state index contributed by atoms with van der Waals surface area (Å²) in [6.45, 7) is 3.04. The van der Waals surface area contributed by atoms with Crippen molar-refractivity contribution < 1.29 is 9.00 Å². The van der Waals surface area contributed by atoms with Gasteiger partial charge in [0.05, 0.1) is 6.54 Å². The number of rotatable bonds is 6. The average molecular weight is 220 g/mol. The molecule has 0 heterocycles. The highest BCUT2D eigenvalue weighted by atomic mass is 32.2. The van der Waals surface area contributed by atoms with Gasteiger partial charge in [-0.25, -0.2) is 0 Å². The zero-order valence-electron chi connectivity index (χ0n) is 9.37.